The van der Waals surface area contributed by atoms with Crippen LogP contribution >= 0.6 is 11.6 Å². The first kappa shape index (κ1) is 14.7. The molecule has 110 valence electrons. The first-order valence-corrected chi connectivity index (χ1v) is 7.60. The molecule has 0 radical (unpaired) electrons. The van der Waals surface area contributed by atoms with Crippen LogP contribution in [0, 0.1) is 0 Å². The molecule has 0 N–H and O–H groups in total. The van der Waals surface area contributed by atoms with Crippen molar-refractivity contribution in [3.63, 3.8) is 0 Å². The molecule has 2 heteroatoms. The lowest BCUT2D eigenvalue weighted by atomic mass is 9.85. The average Bonchev–Trinajstić information content (AvgIpc) is 2.58. The Kier molecular flexibility index (Phi) is 4.45. The standard InChI is InChI=1S/C20H17ClO/c1-22-19-13-9-17(10-14-19)20(15-5-3-2-4-6-15)16-7-11-18(21)12-8-16/h2-14,20H,1H3. The highest BCUT2D eigenvalue weighted by Crippen LogP contribution is 2.33. The van der Waals surface area contributed by atoms with E-state index < -0.39 is 0 Å². The highest BCUT2D eigenvalue weighted by molar-refractivity contribution is 6.30. The number of hydrogen-bond acceptors (Lipinski definition) is 1. The number of rotatable bonds is 4. The monoisotopic (exact) mass is 308 g/mol. The summed E-state index contributed by atoms with van der Waals surface area (Å²) in [5.74, 6) is 1.05. The van der Waals surface area contributed by atoms with Gasteiger partial charge in [0.25, 0.3) is 0 Å². The summed E-state index contributed by atoms with van der Waals surface area (Å²) in [6, 6.07) is 26.8. The molecule has 3 aromatic rings. The molecule has 0 aliphatic rings. The van der Waals surface area contributed by atoms with Gasteiger partial charge in [-0.25, -0.2) is 0 Å². The van der Waals surface area contributed by atoms with E-state index in [1.807, 2.05) is 30.3 Å². The lowest BCUT2D eigenvalue weighted by Crippen LogP contribution is -2.03. The third-order valence-corrected chi connectivity index (χ3v) is 4.04. The predicted molar refractivity (Wildman–Crippen MR) is 91.8 cm³/mol. The van der Waals surface area contributed by atoms with Crippen LogP contribution in [-0.4, -0.2) is 7.11 Å². The van der Waals surface area contributed by atoms with Gasteiger partial charge < -0.3 is 4.74 Å². The van der Waals surface area contributed by atoms with E-state index in [1.165, 1.54) is 16.7 Å². The van der Waals surface area contributed by atoms with Crippen molar-refractivity contribution in [1.82, 2.24) is 0 Å². The normalized spacial score (nSPS) is 11.9. The first-order chi connectivity index (χ1) is 10.8. The number of benzene rings is 3. The van der Waals surface area contributed by atoms with Crippen LogP contribution in [-0.2, 0) is 0 Å². The third-order valence-electron chi connectivity index (χ3n) is 3.79. The molecule has 22 heavy (non-hydrogen) atoms. The Hall–Kier alpha value is -2.25. The lowest BCUT2D eigenvalue weighted by molar-refractivity contribution is 0.414. The lowest BCUT2D eigenvalue weighted by Gasteiger charge is -2.19. The van der Waals surface area contributed by atoms with Gasteiger partial charge in [-0.2, -0.15) is 0 Å². The van der Waals surface area contributed by atoms with Gasteiger partial charge in [-0.3, -0.25) is 0 Å². The van der Waals surface area contributed by atoms with E-state index in [0.29, 0.717) is 0 Å². The van der Waals surface area contributed by atoms with Crippen molar-refractivity contribution in [2.24, 2.45) is 0 Å². The molecule has 0 aliphatic heterocycles. The zero-order valence-electron chi connectivity index (χ0n) is 12.4. The molecule has 0 aliphatic carbocycles. The summed E-state index contributed by atoms with van der Waals surface area (Å²) in [4.78, 5) is 0. The van der Waals surface area contributed by atoms with E-state index in [4.69, 9.17) is 16.3 Å². The molecule has 3 aromatic carbocycles. The molecule has 0 heterocycles. The van der Waals surface area contributed by atoms with Crippen molar-refractivity contribution < 1.29 is 4.74 Å². The van der Waals surface area contributed by atoms with Crippen LogP contribution < -0.4 is 4.74 Å². The van der Waals surface area contributed by atoms with Crippen molar-refractivity contribution in [1.29, 1.82) is 0 Å². The summed E-state index contributed by atoms with van der Waals surface area (Å²) < 4.78 is 5.26. The molecule has 3 rings (SSSR count). The second-order valence-corrected chi connectivity index (χ2v) is 5.60. The fourth-order valence-corrected chi connectivity index (χ4v) is 2.80. The molecular weight excluding hydrogens is 292 g/mol. The fourth-order valence-electron chi connectivity index (χ4n) is 2.67. The Bertz CT molecular complexity index is 718. The van der Waals surface area contributed by atoms with Crippen molar-refractivity contribution in [3.8, 4) is 5.75 Å². The number of methoxy groups -OCH3 is 1. The summed E-state index contributed by atoms with van der Waals surface area (Å²) in [5.41, 5.74) is 3.71. The van der Waals surface area contributed by atoms with E-state index >= 15 is 0 Å². The largest absolute Gasteiger partial charge is 0.497 e. The second-order valence-electron chi connectivity index (χ2n) is 5.17. The van der Waals surface area contributed by atoms with E-state index in [0.717, 1.165) is 10.8 Å². The molecule has 0 bridgehead atoms. The van der Waals surface area contributed by atoms with Crippen molar-refractivity contribution >= 4 is 11.6 Å². The third kappa shape index (κ3) is 3.15. The first-order valence-electron chi connectivity index (χ1n) is 7.22. The molecular formula is C20H17ClO. The molecule has 0 aromatic heterocycles. The van der Waals surface area contributed by atoms with Crippen LogP contribution in [0.5, 0.6) is 5.75 Å². The second kappa shape index (κ2) is 6.67. The van der Waals surface area contributed by atoms with Crippen LogP contribution in [0.25, 0.3) is 0 Å². The van der Waals surface area contributed by atoms with Crippen LogP contribution in [0.4, 0.5) is 0 Å². The van der Waals surface area contributed by atoms with Crippen LogP contribution in [0.3, 0.4) is 0 Å². The Morgan fingerprint density at radius 1 is 0.682 bits per heavy atom. The van der Waals surface area contributed by atoms with Gasteiger partial charge in [0, 0.05) is 10.9 Å². The molecule has 0 fully saturated rings. The van der Waals surface area contributed by atoms with E-state index in [2.05, 4.69) is 48.5 Å². The van der Waals surface area contributed by atoms with Gasteiger partial charge in [0.15, 0.2) is 0 Å². The number of halogens is 1. The molecule has 1 unspecified atom stereocenters. The Morgan fingerprint density at radius 3 is 1.73 bits per heavy atom. The molecule has 1 atom stereocenters. The molecule has 1 nitrogen and oxygen atoms in total. The smallest absolute Gasteiger partial charge is 0.118 e. The summed E-state index contributed by atoms with van der Waals surface area (Å²) in [6.45, 7) is 0. The van der Waals surface area contributed by atoms with Crippen molar-refractivity contribution in [3.05, 3.63) is 101 Å². The Morgan fingerprint density at radius 2 is 1.18 bits per heavy atom. The summed E-state index contributed by atoms with van der Waals surface area (Å²) >= 11 is 6.03. The maximum atomic E-state index is 6.03. The van der Waals surface area contributed by atoms with Gasteiger partial charge in [-0.15, -0.1) is 0 Å². The summed E-state index contributed by atoms with van der Waals surface area (Å²) in [7, 11) is 1.68. The minimum Gasteiger partial charge on any atom is -0.497 e. The maximum absolute atomic E-state index is 6.03. The Balaban J connectivity index is 2.07. The van der Waals surface area contributed by atoms with Crippen LogP contribution in [0.2, 0.25) is 5.02 Å². The summed E-state index contributed by atoms with van der Waals surface area (Å²) in [5, 5.41) is 0.755. The SMILES string of the molecule is COc1ccc(C(c2ccccc2)c2ccc(Cl)cc2)cc1. The zero-order chi connectivity index (χ0) is 15.4. The van der Waals surface area contributed by atoms with E-state index in [-0.39, 0.29) is 5.92 Å². The van der Waals surface area contributed by atoms with E-state index in [1.54, 1.807) is 7.11 Å². The molecule has 0 amide bonds. The molecule has 0 saturated carbocycles. The summed E-state index contributed by atoms with van der Waals surface area (Å²) in [6.07, 6.45) is 0. The molecule has 0 spiro atoms. The van der Waals surface area contributed by atoms with Gasteiger partial charge in [-0.1, -0.05) is 66.2 Å². The highest BCUT2D eigenvalue weighted by Gasteiger charge is 2.16. The van der Waals surface area contributed by atoms with Crippen LogP contribution in [0.15, 0.2) is 78.9 Å². The Labute approximate surface area is 136 Å². The van der Waals surface area contributed by atoms with Gasteiger partial charge >= 0.3 is 0 Å². The maximum Gasteiger partial charge on any atom is 0.118 e. The van der Waals surface area contributed by atoms with Crippen molar-refractivity contribution in [2.75, 3.05) is 7.11 Å². The quantitative estimate of drug-likeness (QED) is 0.576. The highest BCUT2D eigenvalue weighted by atomic mass is 35.5. The predicted octanol–water partition coefficient (Wildman–Crippen LogP) is 5.53. The van der Waals surface area contributed by atoms with E-state index in [9.17, 15) is 0 Å². The molecule has 0 saturated heterocycles. The van der Waals surface area contributed by atoms with Crippen LogP contribution in [0.1, 0.15) is 22.6 Å². The minimum absolute atomic E-state index is 0.185. The zero-order valence-corrected chi connectivity index (χ0v) is 13.1. The minimum atomic E-state index is 0.185. The number of hydrogen-bond donors (Lipinski definition) is 0. The number of ether oxygens (including phenoxy) is 1. The topological polar surface area (TPSA) is 9.23 Å². The van der Waals surface area contributed by atoms with Gasteiger partial charge in [0.2, 0.25) is 0 Å². The van der Waals surface area contributed by atoms with Crippen molar-refractivity contribution in [2.45, 2.75) is 5.92 Å². The van der Waals surface area contributed by atoms with Gasteiger partial charge in [-0.05, 0) is 41.0 Å². The fraction of sp³-hybridized carbons (Fsp3) is 0.100. The average molecular weight is 309 g/mol. The van der Waals surface area contributed by atoms with Gasteiger partial charge in [0.1, 0.15) is 5.75 Å². The van der Waals surface area contributed by atoms with Gasteiger partial charge in [0.05, 0.1) is 7.11 Å².